The molecule has 21 heavy (non-hydrogen) atoms. The lowest BCUT2D eigenvalue weighted by molar-refractivity contribution is -0.125. The fourth-order valence-electron chi connectivity index (χ4n) is 2.04. The number of nitrogens with one attached hydrogen (secondary N) is 2. The van der Waals surface area contributed by atoms with E-state index in [0.29, 0.717) is 5.56 Å². The van der Waals surface area contributed by atoms with Gasteiger partial charge in [-0.25, -0.2) is 5.01 Å². The Hall–Kier alpha value is -1.19. The van der Waals surface area contributed by atoms with Gasteiger partial charge in [-0.3, -0.25) is 15.0 Å². The maximum atomic E-state index is 12.0. The molecule has 2 N–H and O–H groups in total. The van der Waals surface area contributed by atoms with Crippen LogP contribution in [0.4, 0.5) is 0 Å². The van der Waals surface area contributed by atoms with Gasteiger partial charge in [-0.05, 0) is 41.8 Å². The van der Waals surface area contributed by atoms with Crippen molar-refractivity contribution in [2.45, 2.75) is 0 Å². The van der Waals surface area contributed by atoms with Gasteiger partial charge in [0.05, 0.1) is 12.1 Å². The zero-order valence-electron chi connectivity index (χ0n) is 11.9. The van der Waals surface area contributed by atoms with Crippen molar-refractivity contribution >= 4 is 34.4 Å². The number of rotatable bonds is 4. The number of piperazine rings is 1. The van der Waals surface area contributed by atoms with Gasteiger partial charge in [0, 0.05) is 29.7 Å². The number of carbonyl (C=O) groups excluding carboxylic acids is 2. The van der Waals surface area contributed by atoms with Gasteiger partial charge >= 0.3 is 0 Å². The predicted octanol–water partition coefficient (Wildman–Crippen LogP) is 0.300. The van der Waals surface area contributed by atoms with Crippen LogP contribution in [-0.4, -0.2) is 61.5 Å². The lowest BCUT2D eigenvalue weighted by atomic mass is 10.2. The highest BCUT2D eigenvalue weighted by Crippen LogP contribution is 2.10. The zero-order valence-corrected chi connectivity index (χ0v) is 14.1. The highest BCUT2D eigenvalue weighted by molar-refractivity contribution is 14.1. The lowest BCUT2D eigenvalue weighted by Gasteiger charge is -2.32. The van der Waals surface area contributed by atoms with Crippen molar-refractivity contribution in [3.8, 4) is 0 Å². The molecule has 1 aromatic rings. The lowest BCUT2D eigenvalue weighted by Crippen LogP contribution is -2.54. The van der Waals surface area contributed by atoms with E-state index in [1.54, 1.807) is 12.1 Å². The fraction of sp³-hybridized carbons (Fsp3) is 0.429. The maximum absolute atomic E-state index is 12.0. The van der Waals surface area contributed by atoms with Gasteiger partial charge < -0.3 is 10.2 Å². The minimum absolute atomic E-state index is 0.0177. The van der Waals surface area contributed by atoms with E-state index in [2.05, 4.69) is 45.3 Å². The highest BCUT2D eigenvalue weighted by atomic mass is 127. The molecule has 114 valence electrons. The average Bonchev–Trinajstić information content (AvgIpc) is 2.48. The number of hydrazine groups is 1. The molecule has 1 heterocycles. The summed E-state index contributed by atoms with van der Waals surface area (Å²) in [5, 5.41) is 4.53. The highest BCUT2D eigenvalue weighted by Gasteiger charge is 2.16. The molecule has 0 atom stereocenters. The molecular weight excluding hydrogens is 383 g/mol. The van der Waals surface area contributed by atoms with E-state index in [1.165, 1.54) is 0 Å². The van der Waals surface area contributed by atoms with Crippen LogP contribution in [0.5, 0.6) is 0 Å². The molecule has 0 spiro atoms. The molecule has 0 aromatic heterocycles. The second kappa shape index (κ2) is 7.71. The summed E-state index contributed by atoms with van der Waals surface area (Å²) in [7, 11) is 2.06. The van der Waals surface area contributed by atoms with Gasteiger partial charge in [0.25, 0.3) is 11.8 Å². The molecule has 0 radical (unpaired) electrons. The van der Waals surface area contributed by atoms with E-state index in [9.17, 15) is 9.59 Å². The standard InChI is InChI=1S/C14H19IN4O2/c1-18-6-8-19(9-7-18)17-13(20)10-16-14(21)11-4-2-3-5-12(11)15/h2-5H,6-10H2,1H3,(H,16,21)(H,17,20). The summed E-state index contributed by atoms with van der Waals surface area (Å²) in [6.45, 7) is 3.43. The van der Waals surface area contributed by atoms with Crippen molar-refractivity contribution in [1.82, 2.24) is 20.7 Å². The minimum atomic E-state index is -0.228. The van der Waals surface area contributed by atoms with Crippen molar-refractivity contribution in [2.75, 3.05) is 39.8 Å². The van der Waals surface area contributed by atoms with E-state index in [0.717, 1.165) is 29.7 Å². The molecule has 0 bridgehead atoms. The van der Waals surface area contributed by atoms with Crippen molar-refractivity contribution in [1.29, 1.82) is 0 Å². The Kier molecular flexibility index (Phi) is 5.95. The first kappa shape index (κ1) is 16.2. The van der Waals surface area contributed by atoms with Gasteiger partial charge in [0.15, 0.2) is 0 Å². The summed E-state index contributed by atoms with van der Waals surface area (Å²) >= 11 is 2.10. The Morgan fingerprint density at radius 1 is 1.19 bits per heavy atom. The number of hydrogen-bond donors (Lipinski definition) is 2. The van der Waals surface area contributed by atoms with Crippen molar-refractivity contribution < 1.29 is 9.59 Å². The largest absolute Gasteiger partial charge is 0.343 e. The smallest absolute Gasteiger partial charge is 0.253 e. The van der Waals surface area contributed by atoms with E-state index < -0.39 is 0 Å². The van der Waals surface area contributed by atoms with Crippen LogP contribution >= 0.6 is 22.6 Å². The van der Waals surface area contributed by atoms with Crippen LogP contribution in [0.3, 0.4) is 0 Å². The third-order valence-corrected chi connectivity index (χ3v) is 4.25. The molecule has 6 nitrogen and oxygen atoms in total. The molecule has 2 amide bonds. The number of nitrogens with zero attached hydrogens (tertiary/aromatic N) is 2. The second-order valence-corrected chi connectivity index (χ2v) is 6.15. The molecule has 1 aromatic carbocycles. The number of hydrogen-bond acceptors (Lipinski definition) is 4. The minimum Gasteiger partial charge on any atom is -0.343 e. The van der Waals surface area contributed by atoms with Crippen LogP contribution in [0, 0.1) is 3.57 Å². The first-order valence-electron chi connectivity index (χ1n) is 6.82. The Morgan fingerprint density at radius 3 is 2.52 bits per heavy atom. The third-order valence-electron chi connectivity index (χ3n) is 3.31. The van der Waals surface area contributed by atoms with Crippen molar-refractivity contribution in [3.05, 3.63) is 33.4 Å². The van der Waals surface area contributed by atoms with Gasteiger partial charge in [0.2, 0.25) is 0 Å². The summed E-state index contributed by atoms with van der Waals surface area (Å²) < 4.78 is 0.868. The summed E-state index contributed by atoms with van der Waals surface area (Å²) in [5.41, 5.74) is 3.40. The first-order valence-corrected chi connectivity index (χ1v) is 7.90. The van der Waals surface area contributed by atoms with Gasteiger partial charge in [-0.1, -0.05) is 12.1 Å². The van der Waals surface area contributed by atoms with Crippen LogP contribution in [0.15, 0.2) is 24.3 Å². The molecule has 7 heteroatoms. The van der Waals surface area contributed by atoms with Crippen LogP contribution in [0.25, 0.3) is 0 Å². The fourth-order valence-corrected chi connectivity index (χ4v) is 2.67. The maximum Gasteiger partial charge on any atom is 0.253 e. The number of benzene rings is 1. The molecule has 0 saturated carbocycles. The Bertz CT molecular complexity index is 515. The predicted molar refractivity (Wildman–Crippen MR) is 88.7 cm³/mol. The molecule has 0 aliphatic carbocycles. The van der Waals surface area contributed by atoms with Crippen molar-refractivity contribution in [2.24, 2.45) is 0 Å². The molecule has 0 unspecified atom stereocenters. The first-order chi connectivity index (χ1) is 10.1. The zero-order chi connectivity index (χ0) is 15.2. The number of likely N-dealkylation sites (N-methyl/N-ethyl adjacent to an activating group) is 1. The van der Waals surface area contributed by atoms with E-state index in [-0.39, 0.29) is 18.4 Å². The Labute approximate surface area is 138 Å². The summed E-state index contributed by atoms with van der Waals surface area (Å²) in [5.74, 6) is -0.424. The molecule has 1 saturated heterocycles. The monoisotopic (exact) mass is 402 g/mol. The topological polar surface area (TPSA) is 64.7 Å². The van der Waals surface area contributed by atoms with Gasteiger partial charge in [0.1, 0.15) is 0 Å². The second-order valence-electron chi connectivity index (χ2n) is 4.99. The van der Waals surface area contributed by atoms with E-state index in [1.807, 2.05) is 17.1 Å². The molecular formula is C14H19IN4O2. The quantitative estimate of drug-likeness (QED) is 0.712. The molecule has 1 aliphatic rings. The Balaban J connectivity index is 1.76. The Morgan fingerprint density at radius 2 is 1.86 bits per heavy atom. The van der Waals surface area contributed by atoms with E-state index in [4.69, 9.17) is 0 Å². The average molecular weight is 402 g/mol. The van der Waals surface area contributed by atoms with Crippen LogP contribution < -0.4 is 10.7 Å². The number of carbonyl (C=O) groups is 2. The molecule has 1 aliphatic heterocycles. The molecule has 1 fully saturated rings. The summed E-state index contributed by atoms with van der Waals surface area (Å²) in [4.78, 5) is 26.0. The SMILES string of the molecule is CN1CCN(NC(=O)CNC(=O)c2ccccc2I)CC1. The van der Waals surface area contributed by atoms with Gasteiger partial charge in [-0.2, -0.15) is 0 Å². The summed E-state index contributed by atoms with van der Waals surface area (Å²) in [6, 6.07) is 7.29. The summed E-state index contributed by atoms with van der Waals surface area (Å²) in [6.07, 6.45) is 0. The van der Waals surface area contributed by atoms with Gasteiger partial charge in [-0.15, -0.1) is 0 Å². The van der Waals surface area contributed by atoms with Crippen LogP contribution in [-0.2, 0) is 4.79 Å². The third kappa shape index (κ3) is 4.94. The number of amides is 2. The van der Waals surface area contributed by atoms with Crippen LogP contribution in [0.2, 0.25) is 0 Å². The normalized spacial score (nSPS) is 16.5. The number of halogens is 1. The van der Waals surface area contributed by atoms with Crippen molar-refractivity contribution in [3.63, 3.8) is 0 Å². The molecule has 2 rings (SSSR count). The van der Waals surface area contributed by atoms with Crippen LogP contribution in [0.1, 0.15) is 10.4 Å². The van der Waals surface area contributed by atoms with E-state index >= 15 is 0 Å².